The van der Waals surface area contributed by atoms with Crippen LogP contribution >= 0.6 is 11.3 Å². The van der Waals surface area contributed by atoms with Gasteiger partial charge < -0.3 is 9.47 Å². The van der Waals surface area contributed by atoms with E-state index in [1.54, 1.807) is 44.2 Å². The molecule has 1 aliphatic heterocycles. The Hall–Kier alpha value is -4.81. The van der Waals surface area contributed by atoms with Gasteiger partial charge >= 0.3 is 5.97 Å². The zero-order valence-corrected chi connectivity index (χ0v) is 22.6. The molecule has 0 aliphatic carbocycles. The minimum Gasteiger partial charge on any atom is -0.489 e. The predicted octanol–water partition coefficient (Wildman–Crippen LogP) is 4.39. The predicted molar refractivity (Wildman–Crippen MR) is 149 cm³/mol. The molecule has 0 saturated carbocycles. The van der Waals surface area contributed by atoms with Crippen molar-refractivity contribution in [2.24, 2.45) is 4.99 Å². The molecule has 0 spiro atoms. The molecule has 0 N–H and O–H groups in total. The molecule has 0 fully saturated rings. The maximum atomic E-state index is 13.7. The Morgan fingerprint density at radius 1 is 1.10 bits per heavy atom. The lowest BCUT2D eigenvalue weighted by Gasteiger charge is -2.24. The van der Waals surface area contributed by atoms with Crippen molar-refractivity contribution in [1.82, 2.24) is 4.57 Å². The van der Waals surface area contributed by atoms with Crippen molar-refractivity contribution in [2.45, 2.75) is 26.5 Å². The summed E-state index contributed by atoms with van der Waals surface area (Å²) in [5.41, 5.74) is 3.28. The number of hydrogen-bond acceptors (Lipinski definition) is 7. The molecule has 4 aromatic rings. The molecule has 1 aromatic heterocycles. The molecule has 0 amide bonds. The van der Waals surface area contributed by atoms with Gasteiger partial charge in [-0.05, 0) is 73.0 Å². The Labute approximate surface area is 233 Å². The maximum absolute atomic E-state index is 13.7. The second-order valence-corrected chi connectivity index (χ2v) is 10.0. The fourth-order valence-electron chi connectivity index (χ4n) is 4.41. The monoisotopic (exact) mass is 553 g/mol. The summed E-state index contributed by atoms with van der Waals surface area (Å²) in [7, 11) is 0. The van der Waals surface area contributed by atoms with Gasteiger partial charge in [-0.3, -0.25) is 9.36 Å². The van der Waals surface area contributed by atoms with E-state index in [9.17, 15) is 14.0 Å². The van der Waals surface area contributed by atoms with Crippen LogP contribution in [0.25, 0.3) is 6.08 Å². The smallest absolute Gasteiger partial charge is 0.338 e. The van der Waals surface area contributed by atoms with Crippen molar-refractivity contribution < 1.29 is 18.7 Å². The van der Waals surface area contributed by atoms with E-state index >= 15 is 0 Å². The first-order chi connectivity index (χ1) is 19.4. The van der Waals surface area contributed by atoms with Crippen LogP contribution in [0.2, 0.25) is 0 Å². The SMILES string of the molecule is CCOC(=O)C1=C(C)N=c2s/c(=C\c3ccc(OCc4ccc(C#N)cc4)cc3)c(=O)n2[C@H]1c1ccc(F)cc1. The Kier molecular flexibility index (Phi) is 7.71. The van der Waals surface area contributed by atoms with Crippen molar-refractivity contribution >= 4 is 23.4 Å². The molecule has 0 unspecified atom stereocenters. The van der Waals surface area contributed by atoms with E-state index in [1.807, 2.05) is 36.4 Å². The molecule has 0 radical (unpaired) electrons. The van der Waals surface area contributed by atoms with Crippen molar-refractivity contribution in [3.8, 4) is 11.8 Å². The van der Waals surface area contributed by atoms with Crippen molar-refractivity contribution in [3.63, 3.8) is 0 Å². The summed E-state index contributed by atoms with van der Waals surface area (Å²) < 4.78 is 26.7. The number of rotatable bonds is 7. The number of nitrogens with zero attached hydrogens (tertiary/aromatic N) is 3. The second-order valence-electron chi connectivity index (χ2n) is 9.02. The number of halogens is 1. The van der Waals surface area contributed by atoms with Gasteiger partial charge in [0.05, 0.1) is 40.1 Å². The van der Waals surface area contributed by atoms with Crippen molar-refractivity contribution in [3.05, 3.63) is 132 Å². The lowest BCUT2D eigenvalue weighted by atomic mass is 9.96. The zero-order valence-electron chi connectivity index (χ0n) is 21.8. The van der Waals surface area contributed by atoms with Crippen molar-refractivity contribution in [1.29, 1.82) is 5.26 Å². The number of nitriles is 1. The maximum Gasteiger partial charge on any atom is 0.338 e. The molecular weight excluding hydrogens is 529 g/mol. The van der Waals surface area contributed by atoms with Gasteiger partial charge in [0.1, 0.15) is 18.2 Å². The highest BCUT2D eigenvalue weighted by molar-refractivity contribution is 7.07. The Bertz CT molecular complexity index is 1810. The number of hydrogen-bond donors (Lipinski definition) is 0. The summed E-state index contributed by atoms with van der Waals surface area (Å²) >= 11 is 1.22. The Balaban J connectivity index is 1.46. The van der Waals surface area contributed by atoms with Gasteiger partial charge in [-0.15, -0.1) is 0 Å². The lowest BCUT2D eigenvalue weighted by molar-refractivity contribution is -0.139. The van der Waals surface area contributed by atoms with Crippen molar-refractivity contribution in [2.75, 3.05) is 6.61 Å². The minimum absolute atomic E-state index is 0.170. The van der Waals surface area contributed by atoms with Crippen LogP contribution < -0.4 is 19.6 Å². The van der Waals surface area contributed by atoms with Gasteiger partial charge in [0, 0.05) is 0 Å². The fourth-order valence-corrected chi connectivity index (χ4v) is 5.45. The number of benzene rings is 3. The molecule has 40 heavy (non-hydrogen) atoms. The molecule has 0 bridgehead atoms. The largest absolute Gasteiger partial charge is 0.489 e. The summed E-state index contributed by atoms with van der Waals surface area (Å²) in [6.45, 7) is 3.94. The molecular formula is C31H24FN3O4S. The lowest BCUT2D eigenvalue weighted by Crippen LogP contribution is -2.39. The van der Waals surface area contributed by atoms with Crippen LogP contribution in [0.5, 0.6) is 5.75 Å². The van der Waals surface area contributed by atoms with Gasteiger partial charge in [-0.1, -0.05) is 47.7 Å². The van der Waals surface area contributed by atoms with Crippen LogP contribution in [0.4, 0.5) is 4.39 Å². The molecule has 1 atom stereocenters. The van der Waals surface area contributed by atoms with E-state index in [1.165, 1.54) is 28.0 Å². The van der Waals surface area contributed by atoms with Gasteiger partial charge in [0.2, 0.25) is 0 Å². The molecule has 5 rings (SSSR count). The molecule has 2 heterocycles. The average Bonchev–Trinajstić information content (AvgIpc) is 3.26. The number of allylic oxidation sites excluding steroid dienone is 1. The number of thiazole rings is 1. The summed E-state index contributed by atoms with van der Waals surface area (Å²) in [5.74, 6) is -0.322. The highest BCUT2D eigenvalue weighted by atomic mass is 32.1. The van der Waals surface area contributed by atoms with E-state index in [0.717, 1.165) is 11.1 Å². The quantitative estimate of drug-likeness (QED) is 0.317. The van der Waals surface area contributed by atoms with E-state index in [2.05, 4.69) is 11.1 Å². The first-order valence-electron chi connectivity index (χ1n) is 12.5. The first kappa shape index (κ1) is 26.8. The third kappa shape index (κ3) is 5.48. The number of aromatic nitrogens is 1. The van der Waals surface area contributed by atoms with E-state index in [4.69, 9.17) is 14.7 Å². The van der Waals surface area contributed by atoms with Gasteiger partial charge in [0.25, 0.3) is 5.56 Å². The van der Waals surface area contributed by atoms with Crippen LogP contribution in [0.3, 0.4) is 0 Å². The topological polar surface area (TPSA) is 93.7 Å². The number of ether oxygens (including phenoxy) is 2. The van der Waals surface area contributed by atoms with E-state index in [-0.39, 0.29) is 17.7 Å². The van der Waals surface area contributed by atoms with E-state index in [0.29, 0.717) is 38.5 Å². The molecule has 1 aliphatic rings. The number of esters is 1. The molecule has 7 nitrogen and oxygen atoms in total. The Morgan fingerprint density at radius 2 is 1.80 bits per heavy atom. The molecule has 200 valence electrons. The Morgan fingerprint density at radius 3 is 2.45 bits per heavy atom. The molecule has 3 aromatic carbocycles. The van der Waals surface area contributed by atoms with Crippen LogP contribution in [-0.4, -0.2) is 17.1 Å². The van der Waals surface area contributed by atoms with Gasteiger partial charge in [-0.2, -0.15) is 5.26 Å². The molecule has 9 heteroatoms. The van der Waals surface area contributed by atoms with Gasteiger partial charge in [0.15, 0.2) is 4.80 Å². The first-order valence-corrected chi connectivity index (χ1v) is 13.4. The minimum atomic E-state index is -0.795. The average molecular weight is 554 g/mol. The summed E-state index contributed by atoms with van der Waals surface area (Å²) in [6, 6.07) is 21.5. The molecule has 0 saturated heterocycles. The summed E-state index contributed by atoms with van der Waals surface area (Å²) in [4.78, 5) is 31.6. The van der Waals surface area contributed by atoms with E-state index < -0.39 is 17.8 Å². The summed E-state index contributed by atoms with van der Waals surface area (Å²) in [6.07, 6.45) is 1.76. The van der Waals surface area contributed by atoms with Crippen LogP contribution in [0, 0.1) is 17.1 Å². The fraction of sp³-hybridized carbons (Fsp3) is 0.161. The normalized spacial score (nSPS) is 14.8. The number of carbonyl (C=O) groups excluding carboxylic acids is 1. The highest BCUT2D eigenvalue weighted by Crippen LogP contribution is 2.30. The third-order valence-corrected chi connectivity index (χ3v) is 7.35. The van der Waals surface area contributed by atoms with Gasteiger partial charge in [-0.25, -0.2) is 14.2 Å². The number of fused-ring (bicyclic) bond motifs is 1. The van der Waals surface area contributed by atoms with Crippen LogP contribution in [0.1, 0.15) is 42.1 Å². The highest BCUT2D eigenvalue weighted by Gasteiger charge is 2.33. The van der Waals surface area contributed by atoms with Crippen LogP contribution in [-0.2, 0) is 16.1 Å². The number of carbonyl (C=O) groups is 1. The third-order valence-electron chi connectivity index (χ3n) is 6.37. The standard InChI is InChI=1S/C31H24FN3O4S/c1-3-38-30(37)27-19(2)34-31-35(28(27)23-10-12-24(32)13-11-23)29(36)26(40-31)16-20-8-14-25(15-9-20)39-18-22-6-4-21(17-33)5-7-22/h4-16,28H,3,18H2,1-2H3/b26-16-/t28-/m0/s1. The zero-order chi connectivity index (χ0) is 28.2. The van der Waals surface area contributed by atoms with Crippen LogP contribution in [0.15, 0.2) is 93.9 Å². The second kappa shape index (κ2) is 11.5. The summed E-state index contributed by atoms with van der Waals surface area (Å²) in [5, 5.41) is 8.93.